The smallest absolute Gasteiger partial charge is 0.123 e. The zero-order chi connectivity index (χ0) is 17.6. The Hall–Kier alpha value is -2.62. The van der Waals surface area contributed by atoms with E-state index in [9.17, 15) is 4.39 Å². The van der Waals surface area contributed by atoms with Gasteiger partial charge in [-0.05, 0) is 56.2 Å². The number of rotatable bonds is 4. The number of hydrogen-bond acceptors (Lipinski definition) is 3. The summed E-state index contributed by atoms with van der Waals surface area (Å²) in [5, 5.41) is 4.71. The van der Waals surface area contributed by atoms with E-state index in [2.05, 4.69) is 29.3 Å². The first-order chi connectivity index (χ1) is 11.9. The van der Waals surface area contributed by atoms with Crippen LogP contribution in [0.3, 0.4) is 0 Å². The third-order valence-electron chi connectivity index (χ3n) is 4.84. The van der Waals surface area contributed by atoms with E-state index in [-0.39, 0.29) is 11.4 Å². The minimum absolute atomic E-state index is 0.237. The predicted molar refractivity (Wildman–Crippen MR) is 103 cm³/mol. The monoisotopic (exact) mass is 335 g/mol. The average Bonchev–Trinajstić information content (AvgIpc) is 3.30. The van der Waals surface area contributed by atoms with Crippen LogP contribution in [0, 0.1) is 5.82 Å². The fraction of sp³-hybridized carbons (Fsp3) is 0.286. The highest BCUT2D eigenvalue weighted by Crippen LogP contribution is 2.39. The van der Waals surface area contributed by atoms with Gasteiger partial charge in [0.2, 0.25) is 0 Å². The van der Waals surface area contributed by atoms with Gasteiger partial charge in [-0.3, -0.25) is 0 Å². The van der Waals surface area contributed by atoms with Gasteiger partial charge in [0.05, 0.1) is 11.2 Å². The molecular formula is C21H22FN3. The summed E-state index contributed by atoms with van der Waals surface area (Å²) in [6.07, 6.45) is 2.42. The molecule has 0 amide bonds. The molecule has 0 bridgehead atoms. The van der Waals surface area contributed by atoms with Crippen molar-refractivity contribution >= 4 is 22.3 Å². The van der Waals surface area contributed by atoms with Crippen LogP contribution in [0.2, 0.25) is 0 Å². The van der Waals surface area contributed by atoms with Gasteiger partial charge >= 0.3 is 0 Å². The molecule has 0 saturated heterocycles. The summed E-state index contributed by atoms with van der Waals surface area (Å²) in [5.41, 5.74) is 4.92. The fourth-order valence-corrected chi connectivity index (χ4v) is 3.11. The third-order valence-corrected chi connectivity index (χ3v) is 4.84. The summed E-state index contributed by atoms with van der Waals surface area (Å²) in [5.74, 6) is -0.247. The molecule has 0 aliphatic heterocycles. The number of fused-ring (bicyclic) bond motifs is 1. The number of nitrogens with zero attached hydrogens (tertiary/aromatic N) is 2. The van der Waals surface area contributed by atoms with E-state index in [1.54, 1.807) is 6.07 Å². The first-order valence-electron chi connectivity index (χ1n) is 8.60. The van der Waals surface area contributed by atoms with Crippen LogP contribution >= 0.6 is 0 Å². The van der Waals surface area contributed by atoms with Crippen molar-refractivity contribution in [3.8, 4) is 11.3 Å². The van der Waals surface area contributed by atoms with Gasteiger partial charge < -0.3 is 10.2 Å². The average molecular weight is 335 g/mol. The van der Waals surface area contributed by atoms with Crippen molar-refractivity contribution in [2.75, 3.05) is 24.3 Å². The second kappa shape index (κ2) is 5.73. The van der Waals surface area contributed by atoms with Gasteiger partial charge in [-0.25, -0.2) is 9.37 Å². The van der Waals surface area contributed by atoms with E-state index in [1.807, 2.05) is 32.3 Å². The quantitative estimate of drug-likeness (QED) is 0.721. The SMILES string of the molecule is CN(C)c1cc(-c2cccc(F)c2)nc2ccc(NC3(C)CC3)cc12. The number of pyridine rings is 1. The molecule has 3 nitrogen and oxygen atoms in total. The van der Waals surface area contributed by atoms with E-state index in [0.29, 0.717) is 0 Å². The third kappa shape index (κ3) is 3.16. The van der Waals surface area contributed by atoms with Crippen molar-refractivity contribution < 1.29 is 4.39 Å². The zero-order valence-electron chi connectivity index (χ0n) is 14.8. The Kier molecular flexibility index (Phi) is 3.64. The lowest BCUT2D eigenvalue weighted by atomic mass is 10.1. The van der Waals surface area contributed by atoms with Crippen molar-refractivity contribution in [3.05, 3.63) is 54.3 Å². The maximum atomic E-state index is 13.6. The van der Waals surface area contributed by atoms with Gasteiger partial charge in [0.15, 0.2) is 0 Å². The van der Waals surface area contributed by atoms with Crippen LogP contribution in [0.15, 0.2) is 48.5 Å². The van der Waals surface area contributed by atoms with E-state index in [0.717, 1.165) is 33.5 Å². The number of anilines is 2. The summed E-state index contributed by atoms with van der Waals surface area (Å²) in [4.78, 5) is 6.84. The number of benzene rings is 2. The molecule has 1 aromatic heterocycles. The lowest BCUT2D eigenvalue weighted by molar-refractivity contribution is 0.628. The van der Waals surface area contributed by atoms with E-state index >= 15 is 0 Å². The van der Waals surface area contributed by atoms with Crippen molar-refractivity contribution in [3.63, 3.8) is 0 Å². The molecule has 2 aromatic carbocycles. The van der Waals surface area contributed by atoms with Gasteiger partial charge in [0, 0.05) is 42.0 Å². The molecule has 4 heteroatoms. The lowest BCUT2D eigenvalue weighted by Crippen LogP contribution is -2.16. The van der Waals surface area contributed by atoms with Crippen LogP contribution in [0.1, 0.15) is 19.8 Å². The Morgan fingerprint density at radius 3 is 2.56 bits per heavy atom. The Bertz CT molecular complexity index is 945. The van der Waals surface area contributed by atoms with Crippen molar-refractivity contribution in [1.82, 2.24) is 4.98 Å². The van der Waals surface area contributed by atoms with Crippen molar-refractivity contribution in [1.29, 1.82) is 0 Å². The van der Waals surface area contributed by atoms with Crippen molar-refractivity contribution in [2.24, 2.45) is 0 Å². The number of nitrogens with one attached hydrogen (secondary N) is 1. The summed E-state index contributed by atoms with van der Waals surface area (Å²) >= 11 is 0. The lowest BCUT2D eigenvalue weighted by Gasteiger charge is -2.19. The molecule has 0 unspecified atom stereocenters. The Balaban J connectivity index is 1.84. The van der Waals surface area contributed by atoms with E-state index in [4.69, 9.17) is 4.98 Å². The summed E-state index contributed by atoms with van der Waals surface area (Å²) in [6.45, 7) is 2.25. The molecule has 1 saturated carbocycles. The number of hydrogen-bond donors (Lipinski definition) is 1. The normalized spacial score (nSPS) is 15.2. The fourth-order valence-electron chi connectivity index (χ4n) is 3.11. The van der Waals surface area contributed by atoms with Crippen LogP contribution in [0.5, 0.6) is 0 Å². The highest BCUT2D eigenvalue weighted by atomic mass is 19.1. The Labute approximate surface area is 147 Å². The molecule has 128 valence electrons. The largest absolute Gasteiger partial charge is 0.380 e. The molecule has 25 heavy (non-hydrogen) atoms. The second-order valence-electron chi connectivity index (χ2n) is 7.35. The summed E-state index contributed by atoms with van der Waals surface area (Å²) in [6, 6.07) is 14.9. The minimum atomic E-state index is -0.247. The number of halogens is 1. The van der Waals surface area contributed by atoms with Crippen LogP contribution in [0.25, 0.3) is 22.2 Å². The van der Waals surface area contributed by atoms with Gasteiger partial charge in [0.1, 0.15) is 5.82 Å². The summed E-state index contributed by atoms with van der Waals surface area (Å²) < 4.78 is 13.6. The van der Waals surface area contributed by atoms with Gasteiger partial charge in [-0.1, -0.05) is 12.1 Å². The first-order valence-corrected chi connectivity index (χ1v) is 8.60. The van der Waals surface area contributed by atoms with E-state index < -0.39 is 0 Å². The van der Waals surface area contributed by atoms with Gasteiger partial charge in [0.25, 0.3) is 0 Å². The molecule has 1 aliphatic carbocycles. The topological polar surface area (TPSA) is 28.2 Å². The van der Waals surface area contributed by atoms with Gasteiger partial charge in [-0.2, -0.15) is 0 Å². The standard InChI is InChI=1S/C21H22FN3/c1-21(9-10-21)24-16-7-8-18-17(12-16)20(25(2)3)13-19(23-18)14-5-4-6-15(22)11-14/h4-8,11-13,24H,9-10H2,1-3H3. The van der Waals surface area contributed by atoms with Crippen molar-refractivity contribution in [2.45, 2.75) is 25.3 Å². The molecule has 0 radical (unpaired) electrons. The molecular weight excluding hydrogens is 313 g/mol. The molecule has 0 spiro atoms. The maximum Gasteiger partial charge on any atom is 0.123 e. The molecule has 1 fully saturated rings. The van der Waals surface area contributed by atoms with Crippen LogP contribution in [-0.2, 0) is 0 Å². The van der Waals surface area contributed by atoms with Gasteiger partial charge in [-0.15, -0.1) is 0 Å². The highest BCUT2D eigenvalue weighted by Gasteiger charge is 2.37. The predicted octanol–water partition coefficient (Wildman–Crippen LogP) is 5.07. The zero-order valence-corrected chi connectivity index (χ0v) is 14.8. The number of aromatic nitrogens is 1. The van der Waals surface area contributed by atoms with Crippen LogP contribution in [-0.4, -0.2) is 24.6 Å². The molecule has 0 atom stereocenters. The molecule has 1 aliphatic rings. The highest BCUT2D eigenvalue weighted by molar-refractivity contribution is 5.96. The van der Waals surface area contributed by atoms with Crippen LogP contribution < -0.4 is 10.2 Å². The minimum Gasteiger partial charge on any atom is -0.380 e. The first kappa shape index (κ1) is 15.9. The second-order valence-corrected chi connectivity index (χ2v) is 7.35. The Morgan fingerprint density at radius 2 is 1.88 bits per heavy atom. The molecule has 1 heterocycles. The maximum absolute atomic E-state index is 13.6. The summed E-state index contributed by atoms with van der Waals surface area (Å²) in [7, 11) is 4.04. The Morgan fingerprint density at radius 1 is 1.08 bits per heavy atom. The molecule has 4 rings (SSSR count). The van der Waals surface area contributed by atoms with E-state index in [1.165, 1.54) is 25.0 Å². The van der Waals surface area contributed by atoms with Crippen LogP contribution in [0.4, 0.5) is 15.8 Å². The molecule has 1 N–H and O–H groups in total. The molecule has 3 aromatic rings.